The fourth-order valence-electron chi connectivity index (χ4n) is 3.31. The molecule has 152 valence electrons. The number of aromatic nitrogens is 2. The minimum absolute atomic E-state index is 0.142. The molecule has 0 saturated heterocycles. The fourth-order valence-corrected chi connectivity index (χ4v) is 4.15. The number of amides is 1. The van der Waals surface area contributed by atoms with Gasteiger partial charge in [0.05, 0.1) is 5.69 Å². The van der Waals surface area contributed by atoms with E-state index in [2.05, 4.69) is 46.9 Å². The van der Waals surface area contributed by atoms with Gasteiger partial charge >= 0.3 is 0 Å². The maximum atomic E-state index is 12.5. The van der Waals surface area contributed by atoms with Crippen molar-refractivity contribution in [2.45, 2.75) is 13.5 Å². The Bertz CT molecular complexity index is 1350. The molecule has 1 N–H and O–H groups in total. The lowest BCUT2D eigenvalue weighted by Gasteiger charge is -2.06. The number of nitrogens with zero attached hydrogens (tertiary/aromatic N) is 2. The van der Waals surface area contributed by atoms with E-state index in [-0.39, 0.29) is 5.91 Å². The van der Waals surface area contributed by atoms with E-state index in [4.69, 9.17) is 9.40 Å². The van der Waals surface area contributed by atoms with Crippen LogP contribution in [0.25, 0.3) is 32.9 Å². The summed E-state index contributed by atoms with van der Waals surface area (Å²) in [6.45, 7) is 2.53. The summed E-state index contributed by atoms with van der Waals surface area (Å²) in [6.07, 6.45) is 1.38. The molecule has 5 rings (SSSR count). The van der Waals surface area contributed by atoms with Crippen LogP contribution in [-0.2, 0) is 6.54 Å². The van der Waals surface area contributed by atoms with Crippen molar-refractivity contribution < 1.29 is 9.21 Å². The molecule has 2 aromatic heterocycles. The minimum atomic E-state index is -0.142. The summed E-state index contributed by atoms with van der Waals surface area (Å²) in [5, 5.41) is 6.01. The number of rotatable bonds is 5. The van der Waals surface area contributed by atoms with Crippen LogP contribution in [0.4, 0.5) is 0 Å². The van der Waals surface area contributed by atoms with Crippen molar-refractivity contribution >= 4 is 28.3 Å². The number of carbonyl (C=O) groups is 1. The molecule has 5 aromatic rings. The summed E-state index contributed by atoms with van der Waals surface area (Å²) in [5.41, 5.74) is 7.33. The van der Waals surface area contributed by atoms with Crippen LogP contribution in [-0.4, -0.2) is 15.9 Å². The summed E-state index contributed by atoms with van der Waals surface area (Å²) >= 11 is 1.63. The molecule has 1 amide bonds. The van der Waals surface area contributed by atoms with Gasteiger partial charge in [-0.3, -0.25) is 4.79 Å². The normalized spacial score (nSPS) is 11.0. The van der Waals surface area contributed by atoms with Crippen LogP contribution in [0.1, 0.15) is 21.5 Å². The Hall–Kier alpha value is -3.77. The van der Waals surface area contributed by atoms with E-state index < -0.39 is 0 Å². The summed E-state index contributed by atoms with van der Waals surface area (Å²) < 4.78 is 5.21. The van der Waals surface area contributed by atoms with Crippen molar-refractivity contribution in [1.82, 2.24) is 15.3 Å². The minimum Gasteiger partial charge on any atom is -0.443 e. The number of hydrogen-bond acceptors (Lipinski definition) is 5. The molecule has 6 heteroatoms. The molecule has 5 nitrogen and oxygen atoms in total. The topological polar surface area (TPSA) is 68.0 Å². The van der Waals surface area contributed by atoms with E-state index in [0.717, 1.165) is 27.4 Å². The maximum Gasteiger partial charge on any atom is 0.251 e. The van der Waals surface area contributed by atoms with Gasteiger partial charge in [-0.1, -0.05) is 54.1 Å². The van der Waals surface area contributed by atoms with Crippen molar-refractivity contribution in [2.75, 3.05) is 0 Å². The predicted molar refractivity (Wildman–Crippen MR) is 123 cm³/mol. The maximum absolute atomic E-state index is 12.5. The Labute approximate surface area is 183 Å². The Morgan fingerprint density at radius 1 is 1.00 bits per heavy atom. The summed E-state index contributed by atoms with van der Waals surface area (Å²) in [4.78, 5) is 21.3. The van der Waals surface area contributed by atoms with E-state index in [1.165, 1.54) is 12.0 Å². The van der Waals surface area contributed by atoms with Crippen LogP contribution in [0.5, 0.6) is 0 Å². The van der Waals surface area contributed by atoms with Crippen LogP contribution in [0.15, 0.2) is 82.9 Å². The Morgan fingerprint density at radius 3 is 2.58 bits per heavy atom. The number of oxazole rings is 1. The molecule has 0 radical (unpaired) electrons. The number of thiazole rings is 1. The first kappa shape index (κ1) is 19.2. The highest BCUT2D eigenvalue weighted by Gasteiger charge is 2.09. The molecule has 0 aliphatic heterocycles. The lowest BCUT2D eigenvalue weighted by atomic mass is 10.1. The number of carbonyl (C=O) groups excluding carboxylic acids is 1. The first-order chi connectivity index (χ1) is 15.2. The molecule has 0 unspecified atom stereocenters. The van der Waals surface area contributed by atoms with Gasteiger partial charge in [0.15, 0.2) is 12.0 Å². The zero-order chi connectivity index (χ0) is 21.2. The molecular weight excluding hydrogens is 406 g/mol. The van der Waals surface area contributed by atoms with Crippen LogP contribution in [0.3, 0.4) is 0 Å². The Morgan fingerprint density at radius 2 is 1.77 bits per heavy atom. The summed E-state index contributed by atoms with van der Waals surface area (Å²) in [6, 6.07) is 21.7. The highest BCUT2D eigenvalue weighted by atomic mass is 32.1. The molecule has 0 saturated carbocycles. The quantitative estimate of drug-likeness (QED) is 0.383. The van der Waals surface area contributed by atoms with Gasteiger partial charge in [-0.25, -0.2) is 9.97 Å². The first-order valence-corrected chi connectivity index (χ1v) is 10.8. The van der Waals surface area contributed by atoms with Gasteiger partial charge in [-0.15, -0.1) is 11.3 Å². The van der Waals surface area contributed by atoms with Crippen LogP contribution in [0, 0.1) is 6.92 Å². The highest BCUT2D eigenvalue weighted by molar-refractivity contribution is 7.13. The van der Waals surface area contributed by atoms with Gasteiger partial charge in [-0.2, -0.15) is 0 Å². The third-order valence-electron chi connectivity index (χ3n) is 5.10. The van der Waals surface area contributed by atoms with Gasteiger partial charge < -0.3 is 9.73 Å². The molecule has 0 fully saturated rings. The number of benzene rings is 3. The third kappa shape index (κ3) is 4.11. The monoisotopic (exact) mass is 425 g/mol. The number of aryl methyl sites for hydroxylation is 1. The van der Waals surface area contributed by atoms with Crippen molar-refractivity contribution in [3.05, 3.63) is 95.2 Å². The molecule has 3 aromatic carbocycles. The number of hydrogen-bond donors (Lipinski definition) is 1. The van der Waals surface area contributed by atoms with Gasteiger partial charge in [0.1, 0.15) is 10.5 Å². The molecule has 0 aliphatic carbocycles. The molecule has 0 aliphatic rings. The predicted octanol–water partition coefficient (Wildman–Crippen LogP) is 5.86. The summed E-state index contributed by atoms with van der Waals surface area (Å²) in [7, 11) is 0. The Kier molecular flexibility index (Phi) is 5.06. The van der Waals surface area contributed by atoms with Crippen LogP contribution >= 0.6 is 11.3 Å². The van der Waals surface area contributed by atoms with E-state index in [1.54, 1.807) is 29.5 Å². The van der Waals surface area contributed by atoms with E-state index in [9.17, 15) is 4.79 Å². The van der Waals surface area contributed by atoms with Gasteiger partial charge in [-0.05, 0) is 30.7 Å². The van der Waals surface area contributed by atoms with Gasteiger partial charge in [0, 0.05) is 28.6 Å². The second-order valence-corrected chi connectivity index (χ2v) is 8.18. The third-order valence-corrected chi connectivity index (χ3v) is 5.99. The molecule has 0 bridgehead atoms. The van der Waals surface area contributed by atoms with E-state index in [0.29, 0.717) is 23.2 Å². The zero-order valence-electron chi connectivity index (χ0n) is 16.8. The lowest BCUT2D eigenvalue weighted by Crippen LogP contribution is -2.22. The standard InChI is InChI=1S/C25H19N3O2S/c1-16-2-6-18(7-3-16)22-14-31-25(28-22)19-8-4-17(5-9-19)13-26-24(29)20-10-11-23-21(12-20)27-15-30-23/h2-12,14-15H,13H2,1H3,(H,26,29). The number of nitrogens with one attached hydrogen (secondary N) is 1. The molecule has 0 spiro atoms. The van der Waals surface area contributed by atoms with Crippen molar-refractivity contribution in [3.63, 3.8) is 0 Å². The Balaban J connectivity index is 1.25. The average Bonchev–Trinajstić information content (AvgIpc) is 3.48. The van der Waals surface area contributed by atoms with E-state index >= 15 is 0 Å². The fraction of sp³-hybridized carbons (Fsp3) is 0.0800. The second-order valence-electron chi connectivity index (χ2n) is 7.32. The summed E-state index contributed by atoms with van der Waals surface area (Å²) in [5.74, 6) is -0.142. The van der Waals surface area contributed by atoms with Crippen molar-refractivity contribution in [1.29, 1.82) is 0 Å². The molecule has 31 heavy (non-hydrogen) atoms. The highest BCUT2D eigenvalue weighted by Crippen LogP contribution is 2.29. The van der Waals surface area contributed by atoms with Crippen LogP contribution < -0.4 is 5.32 Å². The number of fused-ring (bicyclic) bond motifs is 1. The SMILES string of the molecule is Cc1ccc(-c2csc(-c3ccc(CNC(=O)c4ccc5ocnc5c4)cc3)n2)cc1. The van der Waals surface area contributed by atoms with Crippen molar-refractivity contribution in [3.8, 4) is 21.8 Å². The lowest BCUT2D eigenvalue weighted by molar-refractivity contribution is 0.0951. The van der Waals surface area contributed by atoms with Gasteiger partial charge in [0.25, 0.3) is 5.91 Å². The molecule has 0 atom stereocenters. The van der Waals surface area contributed by atoms with Crippen LogP contribution in [0.2, 0.25) is 0 Å². The molecular formula is C25H19N3O2S. The largest absolute Gasteiger partial charge is 0.443 e. The van der Waals surface area contributed by atoms with Gasteiger partial charge in [0.2, 0.25) is 0 Å². The smallest absolute Gasteiger partial charge is 0.251 e. The van der Waals surface area contributed by atoms with E-state index in [1.807, 2.05) is 24.3 Å². The second kappa shape index (κ2) is 8.16. The molecule has 2 heterocycles. The average molecular weight is 426 g/mol. The zero-order valence-corrected chi connectivity index (χ0v) is 17.6. The first-order valence-electron chi connectivity index (χ1n) is 9.89. The van der Waals surface area contributed by atoms with Crippen molar-refractivity contribution in [2.24, 2.45) is 0 Å².